The topological polar surface area (TPSA) is 45.3 Å². The Hall–Kier alpha value is 0.0569. The molecule has 5 heteroatoms. The van der Waals surface area contributed by atoms with Crippen molar-refractivity contribution < 1.29 is 4.43 Å². The quantitative estimate of drug-likeness (QED) is 0.415. The van der Waals surface area contributed by atoms with Gasteiger partial charge in [0, 0.05) is 18.1 Å². The Kier molecular flexibility index (Phi) is 7.42. The summed E-state index contributed by atoms with van der Waals surface area (Å²) in [6, 6.07) is 1.22. The van der Waals surface area contributed by atoms with Crippen LogP contribution in [0.2, 0.25) is 0 Å². The third-order valence-corrected chi connectivity index (χ3v) is 2.85. The molecule has 0 atom stereocenters. The van der Waals surface area contributed by atoms with Gasteiger partial charge in [0.05, 0.1) is 6.54 Å². The summed E-state index contributed by atoms with van der Waals surface area (Å²) in [6.45, 7) is 13.6. The highest BCUT2D eigenvalue weighted by atomic mass is 28.2. The third-order valence-electron chi connectivity index (χ3n) is 2.15. The van der Waals surface area contributed by atoms with E-state index < -0.39 is 5.85 Å². The minimum absolute atomic E-state index is 0.383. The van der Waals surface area contributed by atoms with E-state index in [1.54, 1.807) is 0 Å². The molecular weight excluding hydrogens is 218 g/mol. The molecule has 0 amide bonds. The van der Waals surface area contributed by atoms with Gasteiger partial charge in [-0.05, 0) is 27.7 Å². The molecule has 0 rings (SSSR count). The zero-order valence-corrected chi connectivity index (χ0v) is 13.8. The van der Waals surface area contributed by atoms with Crippen LogP contribution < -0.4 is 16.0 Å². The maximum atomic E-state index is 5.76. The Labute approximate surface area is 103 Å². The monoisotopic (exact) mass is 247 g/mol. The second-order valence-electron chi connectivity index (χ2n) is 5.16. The molecule has 0 aliphatic carbocycles. The van der Waals surface area contributed by atoms with E-state index in [2.05, 4.69) is 57.5 Å². The minimum Gasteiger partial charge on any atom is -0.398 e. The average Bonchev–Trinajstić information content (AvgIpc) is 2.12. The third kappa shape index (κ3) is 6.60. The smallest absolute Gasteiger partial charge is 0.177 e. The molecule has 0 spiro atoms. The molecular formula is C11H29N3OSi. The SMILES string of the molecule is CC(C)NCC(NC(C)C)(NC(C)C)O[SiH3]. The lowest BCUT2D eigenvalue weighted by molar-refractivity contribution is -0.00986. The standard InChI is InChI=1S/C11H29N3OSi/c1-8(2)12-7-11(15-16,13-9(3)4)14-10(5)6/h8-10,12-14H,7H2,1-6,16H3. The van der Waals surface area contributed by atoms with Crippen LogP contribution in [0, 0.1) is 0 Å². The molecule has 0 aromatic carbocycles. The van der Waals surface area contributed by atoms with Crippen molar-refractivity contribution in [1.29, 1.82) is 0 Å². The lowest BCUT2D eigenvalue weighted by Gasteiger charge is -2.39. The second kappa shape index (κ2) is 7.40. The molecule has 3 N–H and O–H groups in total. The van der Waals surface area contributed by atoms with Crippen LogP contribution >= 0.6 is 0 Å². The van der Waals surface area contributed by atoms with E-state index in [0.717, 1.165) is 6.54 Å². The van der Waals surface area contributed by atoms with E-state index in [-0.39, 0.29) is 0 Å². The van der Waals surface area contributed by atoms with Gasteiger partial charge in [-0.2, -0.15) is 0 Å². The van der Waals surface area contributed by atoms with Crippen molar-refractivity contribution in [3.8, 4) is 0 Å². The summed E-state index contributed by atoms with van der Waals surface area (Å²) in [4.78, 5) is 0. The zero-order chi connectivity index (χ0) is 12.8. The molecule has 0 aliphatic heterocycles. The largest absolute Gasteiger partial charge is 0.398 e. The summed E-state index contributed by atoms with van der Waals surface area (Å²) < 4.78 is 5.76. The Morgan fingerprint density at radius 1 is 0.938 bits per heavy atom. The maximum Gasteiger partial charge on any atom is 0.177 e. The summed E-state index contributed by atoms with van der Waals surface area (Å²) >= 11 is 0. The summed E-state index contributed by atoms with van der Waals surface area (Å²) in [5, 5.41) is 10.4. The Bertz CT molecular complexity index is 176. The number of nitrogens with one attached hydrogen (secondary N) is 3. The van der Waals surface area contributed by atoms with Crippen LogP contribution in [0.25, 0.3) is 0 Å². The first-order valence-electron chi connectivity index (χ1n) is 6.15. The molecule has 0 saturated heterocycles. The van der Waals surface area contributed by atoms with Crippen LogP contribution in [0.4, 0.5) is 0 Å². The van der Waals surface area contributed by atoms with Gasteiger partial charge in [0.15, 0.2) is 5.85 Å². The average molecular weight is 247 g/mol. The van der Waals surface area contributed by atoms with Gasteiger partial charge in [0.1, 0.15) is 10.5 Å². The van der Waals surface area contributed by atoms with E-state index in [1.807, 2.05) is 0 Å². The number of rotatable bonds is 8. The molecule has 0 saturated carbocycles. The maximum absolute atomic E-state index is 5.76. The predicted octanol–water partition coefficient (Wildman–Crippen LogP) is -0.0688. The lowest BCUT2D eigenvalue weighted by Crippen LogP contribution is -2.67. The van der Waals surface area contributed by atoms with Crippen LogP contribution in [0.3, 0.4) is 0 Å². The summed E-state index contributed by atoms with van der Waals surface area (Å²) in [5.74, 6) is -0.432. The van der Waals surface area contributed by atoms with Crippen LogP contribution in [0.15, 0.2) is 0 Å². The molecule has 0 bridgehead atoms. The van der Waals surface area contributed by atoms with E-state index in [4.69, 9.17) is 4.43 Å². The molecule has 0 aliphatic rings. The molecule has 98 valence electrons. The van der Waals surface area contributed by atoms with Crippen LogP contribution in [-0.4, -0.2) is 41.0 Å². The Balaban J connectivity index is 4.53. The van der Waals surface area contributed by atoms with Crippen molar-refractivity contribution >= 4 is 10.5 Å². The highest BCUT2D eigenvalue weighted by Crippen LogP contribution is 2.04. The molecule has 4 nitrogen and oxygen atoms in total. The normalized spacial score (nSPS) is 13.3. The molecule has 0 aromatic heterocycles. The van der Waals surface area contributed by atoms with E-state index >= 15 is 0 Å². The number of hydrogen-bond donors (Lipinski definition) is 3. The summed E-state index contributed by atoms with van der Waals surface area (Å²) in [5.41, 5.74) is 0. The van der Waals surface area contributed by atoms with E-state index in [9.17, 15) is 0 Å². The van der Waals surface area contributed by atoms with Gasteiger partial charge >= 0.3 is 0 Å². The molecule has 0 radical (unpaired) electrons. The van der Waals surface area contributed by atoms with Gasteiger partial charge in [-0.1, -0.05) is 13.8 Å². The fourth-order valence-corrected chi connectivity index (χ4v) is 1.99. The van der Waals surface area contributed by atoms with Crippen molar-refractivity contribution in [3.63, 3.8) is 0 Å². The van der Waals surface area contributed by atoms with Crippen LogP contribution in [0.1, 0.15) is 41.5 Å². The second-order valence-corrected chi connectivity index (χ2v) is 5.57. The van der Waals surface area contributed by atoms with Crippen molar-refractivity contribution in [2.45, 2.75) is 65.5 Å². The molecule has 0 fully saturated rings. The van der Waals surface area contributed by atoms with Gasteiger partial charge < -0.3 is 9.74 Å². The predicted molar refractivity (Wildman–Crippen MR) is 73.4 cm³/mol. The molecule has 0 heterocycles. The molecule has 16 heavy (non-hydrogen) atoms. The number of hydrogen-bond acceptors (Lipinski definition) is 4. The summed E-state index contributed by atoms with van der Waals surface area (Å²) in [7, 11) is 0.702. The van der Waals surface area contributed by atoms with Crippen LogP contribution in [0.5, 0.6) is 0 Å². The first kappa shape index (κ1) is 16.1. The minimum atomic E-state index is -0.432. The molecule has 0 unspecified atom stereocenters. The molecule has 0 aromatic rings. The first-order chi connectivity index (χ1) is 7.31. The first-order valence-corrected chi connectivity index (χ1v) is 6.97. The Morgan fingerprint density at radius 2 is 1.38 bits per heavy atom. The van der Waals surface area contributed by atoms with Gasteiger partial charge in [0.25, 0.3) is 0 Å². The lowest BCUT2D eigenvalue weighted by atomic mass is 10.2. The van der Waals surface area contributed by atoms with Crippen molar-refractivity contribution in [1.82, 2.24) is 16.0 Å². The van der Waals surface area contributed by atoms with Gasteiger partial charge in [-0.15, -0.1) is 0 Å². The van der Waals surface area contributed by atoms with Gasteiger partial charge in [-0.3, -0.25) is 10.6 Å². The zero-order valence-electron chi connectivity index (χ0n) is 11.8. The highest BCUT2D eigenvalue weighted by Gasteiger charge is 2.30. The van der Waals surface area contributed by atoms with E-state index in [0.29, 0.717) is 28.6 Å². The van der Waals surface area contributed by atoms with Crippen LogP contribution in [-0.2, 0) is 4.43 Å². The Morgan fingerprint density at radius 3 is 1.62 bits per heavy atom. The van der Waals surface area contributed by atoms with Crippen molar-refractivity contribution in [3.05, 3.63) is 0 Å². The van der Waals surface area contributed by atoms with Crippen molar-refractivity contribution in [2.24, 2.45) is 0 Å². The fourth-order valence-electron chi connectivity index (χ4n) is 1.61. The van der Waals surface area contributed by atoms with Gasteiger partial charge in [0.2, 0.25) is 0 Å². The fraction of sp³-hybridized carbons (Fsp3) is 1.00. The van der Waals surface area contributed by atoms with Crippen molar-refractivity contribution in [2.75, 3.05) is 6.54 Å². The van der Waals surface area contributed by atoms with E-state index in [1.165, 1.54) is 0 Å². The summed E-state index contributed by atoms with van der Waals surface area (Å²) in [6.07, 6.45) is 0. The highest BCUT2D eigenvalue weighted by molar-refractivity contribution is 5.98. The van der Waals surface area contributed by atoms with Gasteiger partial charge in [-0.25, -0.2) is 0 Å².